The van der Waals surface area contributed by atoms with Crippen LogP contribution in [0.1, 0.15) is 32.4 Å². The van der Waals surface area contributed by atoms with E-state index < -0.39 is 6.04 Å². The van der Waals surface area contributed by atoms with Gasteiger partial charge in [0.15, 0.2) is 0 Å². The number of hydrogen-bond donors (Lipinski definition) is 3. The Bertz CT molecular complexity index is 307. The van der Waals surface area contributed by atoms with Crippen molar-refractivity contribution >= 4 is 5.91 Å². The molecule has 15 heavy (non-hydrogen) atoms. The van der Waals surface area contributed by atoms with Crippen LogP contribution >= 0.6 is 0 Å². The van der Waals surface area contributed by atoms with E-state index >= 15 is 0 Å². The van der Waals surface area contributed by atoms with Gasteiger partial charge in [0.1, 0.15) is 0 Å². The number of nitrogens with zero attached hydrogens (tertiary/aromatic N) is 1. The van der Waals surface area contributed by atoms with Crippen LogP contribution in [0.4, 0.5) is 0 Å². The molecule has 0 radical (unpaired) electrons. The predicted molar refractivity (Wildman–Crippen MR) is 58.0 cm³/mol. The molecule has 0 fully saturated rings. The van der Waals surface area contributed by atoms with Gasteiger partial charge in [-0.1, -0.05) is 13.8 Å². The normalized spacial score (nSPS) is 15.0. The van der Waals surface area contributed by atoms with E-state index in [0.29, 0.717) is 0 Å². The van der Waals surface area contributed by atoms with Crippen molar-refractivity contribution in [2.24, 2.45) is 11.7 Å². The highest BCUT2D eigenvalue weighted by Crippen LogP contribution is 2.09. The third-order valence-corrected chi connectivity index (χ3v) is 2.40. The highest BCUT2D eigenvalue weighted by molar-refractivity contribution is 5.82. The Morgan fingerprint density at radius 3 is 2.67 bits per heavy atom. The Balaban J connectivity index is 2.52. The fourth-order valence-electron chi connectivity index (χ4n) is 1.19. The number of aromatic nitrogens is 2. The largest absolute Gasteiger partial charge is 0.348 e. The van der Waals surface area contributed by atoms with Crippen LogP contribution in [0.5, 0.6) is 0 Å². The number of aromatic amines is 1. The number of carbonyl (C=O) groups is 1. The zero-order valence-electron chi connectivity index (χ0n) is 9.32. The van der Waals surface area contributed by atoms with E-state index in [9.17, 15) is 4.79 Å². The third-order valence-electron chi connectivity index (χ3n) is 2.40. The van der Waals surface area contributed by atoms with Crippen LogP contribution in [0.3, 0.4) is 0 Å². The van der Waals surface area contributed by atoms with Crippen molar-refractivity contribution in [1.82, 2.24) is 15.5 Å². The number of hydrogen-bond acceptors (Lipinski definition) is 3. The fraction of sp³-hybridized carbons (Fsp3) is 0.600. The highest BCUT2D eigenvalue weighted by Gasteiger charge is 2.19. The standard InChI is InChI=1S/C10H18N4O/c1-6(2)9(11)10(15)14-7(3)8-4-12-13-5-8/h4-7,9H,11H2,1-3H3,(H,12,13)(H,14,15)/t7?,9-/m1/s1. The average molecular weight is 210 g/mol. The minimum Gasteiger partial charge on any atom is -0.348 e. The first-order valence-electron chi connectivity index (χ1n) is 5.07. The van der Waals surface area contributed by atoms with E-state index in [0.717, 1.165) is 5.56 Å². The molecule has 1 heterocycles. The highest BCUT2D eigenvalue weighted by atomic mass is 16.2. The van der Waals surface area contributed by atoms with Gasteiger partial charge in [0, 0.05) is 11.8 Å². The molecule has 0 aliphatic carbocycles. The lowest BCUT2D eigenvalue weighted by atomic mass is 10.0. The summed E-state index contributed by atoms with van der Waals surface area (Å²) in [7, 11) is 0. The van der Waals surface area contributed by atoms with E-state index in [2.05, 4.69) is 15.5 Å². The number of nitrogens with one attached hydrogen (secondary N) is 2. The van der Waals surface area contributed by atoms with Crippen molar-refractivity contribution in [2.45, 2.75) is 32.9 Å². The Morgan fingerprint density at radius 1 is 1.53 bits per heavy atom. The molecule has 0 aliphatic rings. The minimum absolute atomic E-state index is 0.0685. The topological polar surface area (TPSA) is 83.8 Å². The first kappa shape index (κ1) is 11.7. The van der Waals surface area contributed by atoms with Crippen molar-refractivity contribution in [3.8, 4) is 0 Å². The van der Waals surface area contributed by atoms with Crippen molar-refractivity contribution in [1.29, 1.82) is 0 Å². The molecule has 0 aromatic carbocycles. The molecule has 1 rings (SSSR count). The molecule has 0 saturated carbocycles. The summed E-state index contributed by atoms with van der Waals surface area (Å²) in [4.78, 5) is 11.6. The monoisotopic (exact) mass is 210 g/mol. The Morgan fingerprint density at radius 2 is 2.20 bits per heavy atom. The van der Waals surface area contributed by atoms with Crippen LogP contribution in [-0.4, -0.2) is 22.1 Å². The maximum absolute atomic E-state index is 11.6. The van der Waals surface area contributed by atoms with Crippen LogP contribution in [0.2, 0.25) is 0 Å². The van der Waals surface area contributed by atoms with Crippen molar-refractivity contribution < 1.29 is 4.79 Å². The third kappa shape index (κ3) is 3.06. The predicted octanol–water partition coefficient (Wildman–Crippen LogP) is 0.570. The minimum atomic E-state index is -0.459. The van der Waals surface area contributed by atoms with E-state index in [1.54, 1.807) is 12.4 Å². The van der Waals surface area contributed by atoms with Crippen molar-refractivity contribution in [3.63, 3.8) is 0 Å². The fourth-order valence-corrected chi connectivity index (χ4v) is 1.19. The summed E-state index contributed by atoms with van der Waals surface area (Å²) >= 11 is 0. The molecule has 1 unspecified atom stereocenters. The molecule has 4 N–H and O–H groups in total. The van der Waals surface area contributed by atoms with Crippen molar-refractivity contribution in [3.05, 3.63) is 18.0 Å². The zero-order chi connectivity index (χ0) is 11.4. The molecular formula is C10H18N4O. The van der Waals surface area contributed by atoms with Gasteiger partial charge < -0.3 is 11.1 Å². The first-order chi connectivity index (χ1) is 7.02. The Labute approximate surface area is 89.4 Å². The lowest BCUT2D eigenvalue weighted by molar-refractivity contribution is -0.123. The number of nitrogens with two attached hydrogens (primary N) is 1. The molecule has 0 spiro atoms. The van der Waals surface area contributed by atoms with Gasteiger partial charge in [-0.2, -0.15) is 5.10 Å². The molecular weight excluding hydrogens is 192 g/mol. The van der Waals surface area contributed by atoms with Gasteiger partial charge in [0.2, 0.25) is 5.91 Å². The maximum atomic E-state index is 11.6. The number of carbonyl (C=O) groups excluding carboxylic acids is 1. The van der Waals surface area contributed by atoms with E-state index in [1.807, 2.05) is 20.8 Å². The van der Waals surface area contributed by atoms with Gasteiger partial charge in [-0.05, 0) is 12.8 Å². The van der Waals surface area contributed by atoms with E-state index in [-0.39, 0.29) is 17.9 Å². The maximum Gasteiger partial charge on any atom is 0.237 e. The molecule has 5 heteroatoms. The molecule has 5 nitrogen and oxygen atoms in total. The number of amides is 1. The zero-order valence-corrected chi connectivity index (χ0v) is 9.32. The first-order valence-corrected chi connectivity index (χ1v) is 5.07. The van der Waals surface area contributed by atoms with Gasteiger partial charge >= 0.3 is 0 Å². The second kappa shape index (κ2) is 4.93. The van der Waals surface area contributed by atoms with Gasteiger partial charge in [0.05, 0.1) is 18.3 Å². The summed E-state index contributed by atoms with van der Waals surface area (Å²) < 4.78 is 0. The summed E-state index contributed by atoms with van der Waals surface area (Å²) in [6, 6.07) is -0.527. The van der Waals surface area contributed by atoms with Crippen LogP contribution in [0.25, 0.3) is 0 Å². The molecule has 0 bridgehead atoms. The smallest absolute Gasteiger partial charge is 0.237 e. The molecule has 0 aliphatic heterocycles. The molecule has 1 aromatic heterocycles. The summed E-state index contributed by atoms with van der Waals surface area (Å²) in [5, 5.41) is 9.37. The van der Waals surface area contributed by atoms with Gasteiger partial charge in [-0.15, -0.1) is 0 Å². The molecule has 2 atom stereocenters. The summed E-state index contributed by atoms with van der Waals surface area (Å²) in [5.41, 5.74) is 6.67. The Hall–Kier alpha value is -1.36. The molecule has 1 aromatic rings. The molecule has 0 saturated heterocycles. The van der Waals surface area contributed by atoms with Crippen LogP contribution in [-0.2, 0) is 4.79 Å². The lowest BCUT2D eigenvalue weighted by Gasteiger charge is -2.18. The Kier molecular flexibility index (Phi) is 3.85. The van der Waals surface area contributed by atoms with Gasteiger partial charge in [0.25, 0.3) is 0 Å². The summed E-state index contributed by atoms with van der Waals surface area (Å²) in [6.45, 7) is 5.75. The SMILES string of the molecule is CC(NC(=O)[C@H](N)C(C)C)c1cn[nH]c1. The average Bonchev–Trinajstić information content (AvgIpc) is 2.68. The second-order valence-corrected chi connectivity index (χ2v) is 4.03. The van der Waals surface area contributed by atoms with E-state index in [1.165, 1.54) is 0 Å². The van der Waals surface area contributed by atoms with Crippen LogP contribution < -0.4 is 11.1 Å². The second-order valence-electron chi connectivity index (χ2n) is 4.03. The van der Waals surface area contributed by atoms with Crippen molar-refractivity contribution in [2.75, 3.05) is 0 Å². The summed E-state index contributed by atoms with van der Waals surface area (Å²) in [5.74, 6) is 0.0141. The van der Waals surface area contributed by atoms with Crippen LogP contribution in [0, 0.1) is 5.92 Å². The molecule has 84 valence electrons. The number of rotatable bonds is 4. The van der Waals surface area contributed by atoms with E-state index in [4.69, 9.17) is 5.73 Å². The van der Waals surface area contributed by atoms with Gasteiger partial charge in [-0.3, -0.25) is 9.89 Å². The summed E-state index contributed by atoms with van der Waals surface area (Å²) in [6.07, 6.45) is 3.44. The number of H-pyrrole nitrogens is 1. The quantitative estimate of drug-likeness (QED) is 0.679. The van der Waals surface area contributed by atoms with Crippen LogP contribution in [0.15, 0.2) is 12.4 Å². The molecule has 1 amide bonds. The lowest BCUT2D eigenvalue weighted by Crippen LogP contribution is -2.44. The van der Waals surface area contributed by atoms with Gasteiger partial charge in [-0.25, -0.2) is 0 Å².